The van der Waals surface area contributed by atoms with Crippen LogP contribution in [0.25, 0.3) is 0 Å². The summed E-state index contributed by atoms with van der Waals surface area (Å²) in [6, 6.07) is 19.0. The average Bonchev–Trinajstić information content (AvgIpc) is 2.90. The van der Waals surface area contributed by atoms with Gasteiger partial charge in [0.1, 0.15) is 18.1 Å². The van der Waals surface area contributed by atoms with Gasteiger partial charge in [-0.15, -0.1) is 0 Å². The van der Waals surface area contributed by atoms with Crippen molar-refractivity contribution >= 4 is 15.9 Å². The zero-order valence-electron chi connectivity index (χ0n) is 18.9. The molecule has 1 aliphatic rings. The van der Waals surface area contributed by atoms with Gasteiger partial charge in [-0.2, -0.15) is 4.31 Å². The zero-order chi connectivity index (χ0) is 24.5. The lowest BCUT2D eigenvalue weighted by Crippen LogP contribution is -2.40. The van der Waals surface area contributed by atoms with Crippen molar-refractivity contribution in [1.82, 2.24) is 9.29 Å². The fourth-order valence-electron chi connectivity index (χ4n) is 3.21. The van der Waals surface area contributed by atoms with Crippen molar-refractivity contribution in [2.75, 3.05) is 39.5 Å². The topological polar surface area (TPSA) is 126 Å². The maximum absolute atomic E-state index is 12.7. The Balaban J connectivity index is 1.22. The minimum Gasteiger partial charge on any atom is -0.490 e. The summed E-state index contributed by atoms with van der Waals surface area (Å²) in [4.78, 5) is 9.65. The number of oxime groups is 1. The van der Waals surface area contributed by atoms with Crippen LogP contribution in [0.2, 0.25) is 0 Å². The number of benzene rings is 2. The van der Waals surface area contributed by atoms with E-state index in [9.17, 15) is 8.42 Å². The van der Waals surface area contributed by atoms with E-state index in [1.807, 2.05) is 30.3 Å². The van der Waals surface area contributed by atoms with Gasteiger partial charge in [-0.25, -0.2) is 13.4 Å². The molecule has 35 heavy (non-hydrogen) atoms. The molecule has 11 heteroatoms. The molecule has 4 rings (SSSR count). The SMILES string of the molecule is N/C(=N/OCCOc1ccc(S(=O)(=O)N2CCOCC2)cc1)c1ccc(Oc2ccccc2)nc1. The first kappa shape index (κ1) is 24.5. The van der Waals surface area contributed by atoms with Crippen LogP contribution >= 0.6 is 0 Å². The van der Waals surface area contributed by atoms with E-state index in [0.29, 0.717) is 49.2 Å². The van der Waals surface area contributed by atoms with Gasteiger partial charge < -0.3 is 24.8 Å². The monoisotopic (exact) mass is 498 g/mol. The first-order valence-corrected chi connectivity index (χ1v) is 12.4. The molecule has 2 N–H and O–H groups in total. The van der Waals surface area contributed by atoms with Crippen LogP contribution in [0, 0.1) is 0 Å². The van der Waals surface area contributed by atoms with Crippen LogP contribution in [0.3, 0.4) is 0 Å². The molecule has 0 amide bonds. The summed E-state index contributed by atoms with van der Waals surface area (Å²) in [7, 11) is -3.53. The Morgan fingerprint density at radius 2 is 1.71 bits per heavy atom. The summed E-state index contributed by atoms with van der Waals surface area (Å²) in [5.41, 5.74) is 6.53. The Morgan fingerprint density at radius 1 is 0.971 bits per heavy atom. The summed E-state index contributed by atoms with van der Waals surface area (Å²) in [5, 5.41) is 3.88. The Morgan fingerprint density at radius 3 is 2.40 bits per heavy atom. The number of ether oxygens (including phenoxy) is 3. The summed E-state index contributed by atoms with van der Waals surface area (Å²) in [6.45, 7) is 1.86. The molecule has 0 atom stereocenters. The average molecular weight is 499 g/mol. The Labute approximate surface area is 203 Å². The van der Waals surface area contributed by atoms with Crippen LogP contribution in [0.15, 0.2) is 83.0 Å². The van der Waals surface area contributed by atoms with E-state index in [1.165, 1.54) is 16.4 Å². The zero-order valence-corrected chi connectivity index (χ0v) is 19.8. The van der Waals surface area contributed by atoms with Crippen LogP contribution in [-0.2, 0) is 19.6 Å². The smallest absolute Gasteiger partial charge is 0.243 e. The molecule has 3 aromatic rings. The van der Waals surface area contributed by atoms with E-state index in [2.05, 4.69) is 10.1 Å². The highest BCUT2D eigenvalue weighted by molar-refractivity contribution is 7.89. The number of hydrogen-bond acceptors (Lipinski definition) is 8. The molecule has 1 aromatic heterocycles. The van der Waals surface area contributed by atoms with Crippen LogP contribution in [-0.4, -0.2) is 63.1 Å². The number of nitrogens with zero attached hydrogens (tertiary/aromatic N) is 3. The lowest BCUT2D eigenvalue weighted by molar-refractivity contribution is 0.0730. The second-order valence-electron chi connectivity index (χ2n) is 7.45. The van der Waals surface area contributed by atoms with Crippen LogP contribution < -0.4 is 15.2 Å². The molecule has 0 bridgehead atoms. The number of pyridine rings is 1. The minimum absolute atomic E-state index is 0.150. The molecule has 0 radical (unpaired) electrons. The van der Waals surface area contributed by atoms with Gasteiger partial charge in [0.15, 0.2) is 12.4 Å². The molecule has 1 aliphatic heterocycles. The van der Waals surface area contributed by atoms with Gasteiger partial charge in [0.05, 0.1) is 18.1 Å². The van der Waals surface area contributed by atoms with E-state index in [4.69, 9.17) is 24.8 Å². The summed E-state index contributed by atoms with van der Waals surface area (Å²) < 4.78 is 43.2. The number of aromatic nitrogens is 1. The van der Waals surface area contributed by atoms with Crippen molar-refractivity contribution in [1.29, 1.82) is 0 Å². The molecule has 0 unspecified atom stereocenters. The first-order valence-electron chi connectivity index (χ1n) is 11.0. The highest BCUT2D eigenvalue weighted by Gasteiger charge is 2.26. The van der Waals surface area contributed by atoms with Gasteiger partial charge in [-0.3, -0.25) is 0 Å². The Hall–Kier alpha value is -3.67. The Kier molecular flexibility index (Phi) is 8.14. The third kappa shape index (κ3) is 6.69. The maximum Gasteiger partial charge on any atom is 0.243 e. The fourth-order valence-corrected chi connectivity index (χ4v) is 4.62. The number of morpholine rings is 1. The van der Waals surface area contributed by atoms with Crippen molar-refractivity contribution in [3.63, 3.8) is 0 Å². The standard InChI is InChI=1S/C24H26N4O6S/c25-24(19-6-11-23(26-18-19)34-21-4-2-1-3-5-21)27-33-17-16-32-20-7-9-22(10-8-20)35(29,30)28-12-14-31-15-13-28/h1-11,18H,12-17H2,(H2,25,27). The number of rotatable bonds is 10. The van der Waals surface area contributed by atoms with Gasteiger partial charge in [0.2, 0.25) is 15.9 Å². The molecular weight excluding hydrogens is 472 g/mol. The molecule has 1 fully saturated rings. The van der Waals surface area contributed by atoms with E-state index in [1.54, 1.807) is 30.5 Å². The van der Waals surface area contributed by atoms with E-state index in [0.717, 1.165) is 0 Å². The van der Waals surface area contributed by atoms with Crippen molar-refractivity contribution in [2.24, 2.45) is 10.9 Å². The van der Waals surface area contributed by atoms with Gasteiger partial charge in [0, 0.05) is 30.9 Å². The number of amidine groups is 1. The third-order valence-electron chi connectivity index (χ3n) is 5.04. The summed E-state index contributed by atoms with van der Waals surface area (Å²) >= 11 is 0. The molecule has 0 aliphatic carbocycles. The largest absolute Gasteiger partial charge is 0.490 e. The van der Waals surface area contributed by atoms with Gasteiger partial charge in [0.25, 0.3) is 0 Å². The maximum atomic E-state index is 12.7. The lowest BCUT2D eigenvalue weighted by atomic mass is 10.3. The molecular formula is C24H26N4O6S. The molecule has 1 saturated heterocycles. The minimum atomic E-state index is -3.53. The lowest BCUT2D eigenvalue weighted by Gasteiger charge is -2.26. The quantitative estimate of drug-likeness (QED) is 0.196. The number of nitrogens with two attached hydrogens (primary N) is 1. The molecule has 184 valence electrons. The van der Waals surface area contributed by atoms with Crippen LogP contribution in [0.4, 0.5) is 0 Å². The van der Waals surface area contributed by atoms with Crippen molar-refractivity contribution in [2.45, 2.75) is 4.90 Å². The second kappa shape index (κ2) is 11.6. The van der Waals surface area contributed by atoms with Crippen molar-refractivity contribution in [3.8, 4) is 17.4 Å². The normalized spacial score (nSPS) is 14.9. The number of para-hydroxylation sites is 1. The highest BCUT2D eigenvalue weighted by atomic mass is 32.2. The Bertz CT molecular complexity index is 1210. The van der Waals surface area contributed by atoms with E-state index < -0.39 is 10.0 Å². The van der Waals surface area contributed by atoms with Gasteiger partial charge >= 0.3 is 0 Å². The van der Waals surface area contributed by atoms with Crippen molar-refractivity contribution in [3.05, 3.63) is 78.5 Å². The number of sulfonamides is 1. The highest BCUT2D eigenvalue weighted by Crippen LogP contribution is 2.21. The molecule has 0 saturated carbocycles. The van der Waals surface area contributed by atoms with Crippen LogP contribution in [0.5, 0.6) is 17.4 Å². The molecule has 0 spiro atoms. The van der Waals surface area contributed by atoms with Gasteiger partial charge in [-0.1, -0.05) is 23.4 Å². The van der Waals surface area contributed by atoms with Crippen LogP contribution in [0.1, 0.15) is 5.56 Å². The van der Waals surface area contributed by atoms with Crippen molar-refractivity contribution < 1.29 is 27.5 Å². The molecule has 2 heterocycles. The summed E-state index contributed by atoms with van der Waals surface area (Å²) in [6.07, 6.45) is 1.55. The predicted octanol–water partition coefficient (Wildman–Crippen LogP) is 2.61. The molecule has 10 nitrogen and oxygen atoms in total. The summed E-state index contributed by atoms with van der Waals surface area (Å²) in [5.74, 6) is 1.81. The predicted molar refractivity (Wildman–Crippen MR) is 129 cm³/mol. The van der Waals surface area contributed by atoms with E-state index in [-0.39, 0.29) is 23.9 Å². The first-order chi connectivity index (χ1) is 17.0. The van der Waals surface area contributed by atoms with E-state index >= 15 is 0 Å². The fraction of sp³-hybridized carbons (Fsp3) is 0.250. The van der Waals surface area contributed by atoms with Gasteiger partial charge in [-0.05, 0) is 42.5 Å². The third-order valence-corrected chi connectivity index (χ3v) is 6.95. The second-order valence-corrected chi connectivity index (χ2v) is 9.38. The molecule has 2 aromatic carbocycles. The number of hydrogen-bond donors (Lipinski definition) is 1.